The Labute approximate surface area is 208 Å². The highest BCUT2D eigenvalue weighted by atomic mass is 15.1. The summed E-state index contributed by atoms with van der Waals surface area (Å²) in [6.07, 6.45) is 25.5. The quantitative estimate of drug-likeness (QED) is 0.130. The fraction of sp³-hybridized carbons (Fsp3) is 0.935. The maximum Gasteiger partial charge on any atom is -0.00218 e. The van der Waals surface area contributed by atoms with Gasteiger partial charge in [0.25, 0.3) is 0 Å². The van der Waals surface area contributed by atoms with Crippen molar-refractivity contribution in [1.82, 2.24) is 4.90 Å². The average molecular weight is 456 g/mol. The van der Waals surface area contributed by atoms with Gasteiger partial charge >= 0.3 is 0 Å². The van der Waals surface area contributed by atoms with Crippen LogP contribution in [0.5, 0.6) is 0 Å². The zero-order chi connectivity index (χ0) is 25.3. The Kier molecular flexibility index (Phi) is 49.9. The van der Waals surface area contributed by atoms with Gasteiger partial charge in [-0.25, -0.2) is 0 Å². The molecule has 1 unspecified atom stereocenters. The van der Waals surface area contributed by atoms with Gasteiger partial charge in [-0.1, -0.05) is 151 Å². The van der Waals surface area contributed by atoms with Crippen molar-refractivity contribution < 1.29 is 0 Å². The predicted molar refractivity (Wildman–Crippen MR) is 155 cm³/mol. The molecule has 0 radical (unpaired) electrons. The van der Waals surface area contributed by atoms with E-state index >= 15 is 0 Å². The summed E-state index contributed by atoms with van der Waals surface area (Å²) in [6.45, 7) is 24.1. The molecule has 0 aliphatic carbocycles. The Morgan fingerprint density at radius 2 is 0.844 bits per heavy atom. The molecule has 0 amide bonds. The molecule has 0 spiro atoms. The van der Waals surface area contributed by atoms with Crippen LogP contribution in [0.3, 0.4) is 0 Å². The number of hydrogen-bond donors (Lipinski definition) is 0. The molecular weight excluding hydrogens is 386 g/mol. The van der Waals surface area contributed by atoms with Gasteiger partial charge in [-0.15, -0.1) is 13.2 Å². The Balaban J connectivity index is -0.000000213. The van der Waals surface area contributed by atoms with Crippen LogP contribution >= 0.6 is 0 Å². The van der Waals surface area contributed by atoms with Crippen LogP contribution in [-0.2, 0) is 0 Å². The van der Waals surface area contributed by atoms with Crippen LogP contribution < -0.4 is 0 Å². The van der Waals surface area contributed by atoms with Crippen molar-refractivity contribution in [3.63, 3.8) is 0 Å². The van der Waals surface area contributed by atoms with Crippen molar-refractivity contribution in [2.24, 2.45) is 5.92 Å². The van der Waals surface area contributed by atoms with Crippen molar-refractivity contribution in [3.8, 4) is 0 Å². The highest BCUT2D eigenvalue weighted by Crippen LogP contribution is 2.15. The fourth-order valence-electron chi connectivity index (χ4n) is 3.82. The third-order valence-electron chi connectivity index (χ3n) is 5.87. The molecule has 0 rings (SSSR count). The van der Waals surface area contributed by atoms with Gasteiger partial charge in [-0.2, -0.15) is 0 Å². The van der Waals surface area contributed by atoms with E-state index in [0.717, 1.165) is 5.92 Å². The standard InChI is InChI=1S/C14H31N.C13H28.C2H6.C2H4/c1-4-6-8-10-12-14-15(3)13-11-9-7-5-2;1-4-6-7-8-9-10-12-13(3)11-5-2;2*1-2/h4-14H2,1-3H3;13H,4-12H2,1-3H3;1-2H3;1-2H2. The van der Waals surface area contributed by atoms with Crippen molar-refractivity contribution in [2.75, 3.05) is 20.1 Å². The maximum atomic E-state index is 3.00. The summed E-state index contributed by atoms with van der Waals surface area (Å²) in [5, 5.41) is 0. The molecule has 1 atom stereocenters. The summed E-state index contributed by atoms with van der Waals surface area (Å²) in [4.78, 5) is 2.50. The lowest BCUT2D eigenvalue weighted by atomic mass is 9.98. The summed E-state index contributed by atoms with van der Waals surface area (Å²) in [7, 11) is 2.27. The van der Waals surface area contributed by atoms with Gasteiger partial charge in [-0.3, -0.25) is 0 Å². The van der Waals surface area contributed by atoms with Crippen molar-refractivity contribution in [1.29, 1.82) is 0 Å². The molecule has 0 aromatic rings. The van der Waals surface area contributed by atoms with Crippen LogP contribution in [-0.4, -0.2) is 25.0 Å². The average Bonchev–Trinajstić information content (AvgIpc) is 2.82. The van der Waals surface area contributed by atoms with Crippen molar-refractivity contribution in [3.05, 3.63) is 13.2 Å². The third kappa shape index (κ3) is 43.6. The van der Waals surface area contributed by atoms with Gasteiger partial charge in [-0.05, 0) is 38.9 Å². The lowest BCUT2D eigenvalue weighted by Crippen LogP contribution is -2.20. The van der Waals surface area contributed by atoms with Gasteiger partial charge in [0.15, 0.2) is 0 Å². The van der Waals surface area contributed by atoms with Crippen molar-refractivity contribution in [2.45, 2.75) is 164 Å². The monoisotopic (exact) mass is 456 g/mol. The second-order valence-electron chi connectivity index (χ2n) is 9.23. The number of rotatable bonds is 20. The maximum absolute atomic E-state index is 3.00. The minimum absolute atomic E-state index is 0.969. The molecular formula is C31H69N. The molecule has 0 saturated carbocycles. The normalized spacial score (nSPS) is 10.9. The van der Waals surface area contributed by atoms with Gasteiger partial charge in [0.2, 0.25) is 0 Å². The third-order valence-corrected chi connectivity index (χ3v) is 5.87. The summed E-state index contributed by atoms with van der Waals surface area (Å²) in [6, 6.07) is 0. The number of unbranched alkanes of at least 4 members (excludes halogenated alkanes) is 12. The first-order chi connectivity index (χ1) is 15.6. The number of hydrogen-bond acceptors (Lipinski definition) is 1. The lowest BCUT2D eigenvalue weighted by Gasteiger charge is -2.16. The lowest BCUT2D eigenvalue weighted by molar-refractivity contribution is 0.315. The zero-order valence-electron chi connectivity index (χ0n) is 24.6. The van der Waals surface area contributed by atoms with Crippen LogP contribution in [0.1, 0.15) is 164 Å². The van der Waals surface area contributed by atoms with Gasteiger partial charge < -0.3 is 4.90 Å². The fourth-order valence-corrected chi connectivity index (χ4v) is 3.82. The van der Waals surface area contributed by atoms with E-state index < -0.39 is 0 Å². The van der Waals surface area contributed by atoms with Crippen molar-refractivity contribution >= 4 is 0 Å². The Bertz CT molecular complexity index is 263. The van der Waals surface area contributed by atoms with Crippen LogP contribution in [0, 0.1) is 5.92 Å². The highest BCUT2D eigenvalue weighted by molar-refractivity contribution is 4.54. The smallest absolute Gasteiger partial charge is 0.00218 e. The molecule has 0 fully saturated rings. The van der Waals surface area contributed by atoms with E-state index in [-0.39, 0.29) is 0 Å². The van der Waals surface area contributed by atoms with E-state index in [0.29, 0.717) is 0 Å². The molecule has 32 heavy (non-hydrogen) atoms. The molecule has 0 heterocycles. The van der Waals surface area contributed by atoms with Gasteiger partial charge in [0.1, 0.15) is 0 Å². The van der Waals surface area contributed by atoms with E-state index in [4.69, 9.17) is 0 Å². The molecule has 0 bridgehead atoms. The summed E-state index contributed by atoms with van der Waals surface area (Å²) in [5.41, 5.74) is 0. The minimum Gasteiger partial charge on any atom is -0.306 e. The Morgan fingerprint density at radius 1 is 0.500 bits per heavy atom. The molecule has 0 N–H and O–H groups in total. The second-order valence-corrected chi connectivity index (χ2v) is 9.23. The molecule has 0 aromatic heterocycles. The van der Waals surface area contributed by atoms with Gasteiger partial charge in [0, 0.05) is 0 Å². The molecule has 0 aliphatic heterocycles. The largest absolute Gasteiger partial charge is 0.306 e. The van der Waals surface area contributed by atoms with Crippen LogP contribution in [0.2, 0.25) is 0 Å². The predicted octanol–water partition coefficient (Wildman–Crippen LogP) is 11.5. The second kappa shape index (κ2) is 41.0. The number of nitrogens with zero attached hydrogens (tertiary/aromatic N) is 1. The van der Waals surface area contributed by atoms with E-state index in [1.165, 1.54) is 129 Å². The molecule has 0 saturated heterocycles. The molecule has 0 aromatic carbocycles. The van der Waals surface area contributed by atoms with Crippen LogP contribution in [0.4, 0.5) is 0 Å². The topological polar surface area (TPSA) is 3.24 Å². The van der Waals surface area contributed by atoms with Crippen LogP contribution in [0.25, 0.3) is 0 Å². The summed E-state index contributed by atoms with van der Waals surface area (Å²) >= 11 is 0. The summed E-state index contributed by atoms with van der Waals surface area (Å²) in [5.74, 6) is 0.969. The molecule has 1 nitrogen and oxygen atoms in total. The van der Waals surface area contributed by atoms with Crippen LogP contribution in [0.15, 0.2) is 13.2 Å². The Morgan fingerprint density at radius 3 is 1.25 bits per heavy atom. The first-order valence-corrected chi connectivity index (χ1v) is 14.8. The van der Waals surface area contributed by atoms with E-state index in [1.807, 2.05) is 13.8 Å². The first kappa shape index (κ1) is 38.9. The molecule has 198 valence electrons. The highest BCUT2D eigenvalue weighted by Gasteiger charge is 1.99. The first-order valence-electron chi connectivity index (χ1n) is 14.8. The molecule has 0 aliphatic rings. The van der Waals surface area contributed by atoms with E-state index in [1.54, 1.807) is 0 Å². The molecule has 1 heteroatoms. The SMILES string of the molecule is C=C.CC.CCCCCCCCC(C)CCC.CCCCCCCN(C)CCCCCC. The van der Waals surface area contributed by atoms with E-state index in [2.05, 4.69) is 59.7 Å². The zero-order valence-corrected chi connectivity index (χ0v) is 24.6. The minimum atomic E-state index is 0.969. The summed E-state index contributed by atoms with van der Waals surface area (Å²) < 4.78 is 0. The van der Waals surface area contributed by atoms with Gasteiger partial charge in [0.05, 0.1) is 0 Å². The van der Waals surface area contributed by atoms with E-state index in [9.17, 15) is 0 Å². The Hall–Kier alpha value is -0.300.